The topological polar surface area (TPSA) is 60.2 Å². The normalized spacial score (nSPS) is 12.6. The number of aromatic hydroxyl groups is 1. The number of hydrogen-bond donors (Lipinski definition) is 1. The molecule has 0 radical (unpaired) electrons. The zero-order chi connectivity index (χ0) is 32.3. The lowest BCUT2D eigenvalue weighted by atomic mass is 9.81. The minimum absolute atomic E-state index is 0.0187. The van der Waals surface area contributed by atoms with Gasteiger partial charge in [0.2, 0.25) is 5.88 Å². The van der Waals surface area contributed by atoms with E-state index in [-0.39, 0.29) is 22.0 Å². The SMILES string of the molecule is CC(C)(C)c1cc(Oc2ccccn2)cc(-c2nc3c(cc2C(C)(C)C)c2cc(C(C)(C)C)ccc2n3-c2ccccc2O)c1. The molecule has 0 unspecified atom stereocenters. The highest BCUT2D eigenvalue weighted by Crippen LogP contribution is 2.43. The molecular weight excluding hydrogens is 554 g/mol. The molecule has 45 heavy (non-hydrogen) atoms. The maximum atomic E-state index is 11.1. The largest absolute Gasteiger partial charge is 0.506 e. The summed E-state index contributed by atoms with van der Waals surface area (Å²) in [6, 6.07) is 28.5. The Balaban J connectivity index is 1.71. The van der Waals surface area contributed by atoms with E-state index >= 15 is 0 Å². The van der Waals surface area contributed by atoms with Gasteiger partial charge in [-0.3, -0.25) is 4.57 Å². The highest BCUT2D eigenvalue weighted by atomic mass is 16.5. The number of benzene rings is 3. The summed E-state index contributed by atoms with van der Waals surface area (Å²) in [4.78, 5) is 9.91. The molecule has 0 spiro atoms. The summed E-state index contributed by atoms with van der Waals surface area (Å²) in [5.41, 5.74) is 7.56. The van der Waals surface area contributed by atoms with Crippen LogP contribution in [0.3, 0.4) is 0 Å². The van der Waals surface area contributed by atoms with Gasteiger partial charge in [0.05, 0.1) is 16.9 Å². The van der Waals surface area contributed by atoms with Crippen molar-refractivity contribution in [3.8, 4) is 34.3 Å². The van der Waals surface area contributed by atoms with Crippen LogP contribution in [0.5, 0.6) is 17.4 Å². The summed E-state index contributed by atoms with van der Waals surface area (Å²) in [7, 11) is 0. The summed E-state index contributed by atoms with van der Waals surface area (Å²) in [5.74, 6) is 1.47. The molecule has 6 rings (SSSR count). The molecule has 0 aliphatic carbocycles. The fourth-order valence-corrected chi connectivity index (χ4v) is 5.84. The van der Waals surface area contributed by atoms with Gasteiger partial charge in [0.25, 0.3) is 0 Å². The third kappa shape index (κ3) is 5.80. The Morgan fingerprint density at radius 1 is 0.667 bits per heavy atom. The number of para-hydroxylation sites is 2. The zero-order valence-electron chi connectivity index (χ0n) is 27.9. The number of ether oxygens (including phenoxy) is 1. The van der Waals surface area contributed by atoms with Gasteiger partial charge in [-0.2, -0.15) is 0 Å². The first-order valence-electron chi connectivity index (χ1n) is 15.6. The Morgan fingerprint density at radius 3 is 2.02 bits per heavy atom. The molecule has 0 aliphatic heterocycles. The molecule has 5 nitrogen and oxygen atoms in total. The minimum Gasteiger partial charge on any atom is -0.506 e. The summed E-state index contributed by atoms with van der Waals surface area (Å²) in [6.45, 7) is 20.0. The maximum absolute atomic E-state index is 11.1. The van der Waals surface area contributed by atoms with E-state index in [1.807, 2.05) is 36.4 Å². The van der Waals surface area contributed by atoms with Crippen molar-refractivity contribution >= 4 is 21.9 Å². The smallest absolute Gasteiger partial charge is 0.219 e. The summed E-state index contributed by atoms with van der Waals surface area (Å²) < 4.78 is 8.41. The van der Waals surface area contributed by atoms with Crippen molar-refractivity contribution in [1.82, 2.24) is 14.5 Å². The molecular formula is C40H43N3O2. The molecule has 3 heterocycles. The van der Waals surface area contributed by atoms with Gasteiger partial charge in [0.1, 0.15) is 17.1 Å². The second-order valence-electron chi connectivity index (χ2n) is 15.1. The second-order valence-corrected chi connectivity index (χ2v) is 15.1. The van der Waals surface area contributed by atoms with E-state index in [4.69, 9.17) is 9.72 Å². The zero-order valence-corrected chi connectivity index (χ0v) is 27.9. The van der Waals surface area contributed by atoms with Gasteiger partial charge in [-0.15, -0.1) is 0 Å². The van der Waals surface area contributed by atoms with Crippen molar-refractivity contribution in [1.29, 1.82) is 0 Å². The van der Waals surface area contributed by atoms with Crippen molar-refractivity contribution in [3.63, 3.8) is 0 Å². The Morgan fingerprint density at radius 2 is 1.38 bits per heavy atom. The van der Waals surface area contributed by atoms with Crippen LogP contribution in [-0.2, 0) is 16.2 Å². The van der Waals surface area contributed by atoms with E-state index in [1.165, 1.54) is 5.56 Å². The van der Waals surface area contributed by atoms with Gasteiger partial charge >= 0.3 is 0 Å². The van der Waals surface area contributed by atoms with Gasteiger partial charge in [-0.1, -0.05) is 86.6 Å². The molecule has 0 amide bonds. The van der Waals surface area contributed by atoms with Crippen LogP contribution in [0.15, 0.2) is 91.1 Å². The molecule has 0 saturated heterocycles. The first kappa shape index (κ1) is 30.4. The van der Waals surface area contributed by atoms with Gasteiger partial charge < -0.3 is 9.84 Å². The number of aromatic nitrogens is 3. The average molecular weight is 598 g/mol. The quantitative estimate of drug-likeness (QED) is 0.220. The number of phenolic OH excluding ortho intramolecular Hbond substituents is 1. The number of rotatable bonds is 4. The predicted octanol–water partition coefficient (Wildman–Crippen LogP) is 10.6. The number of nitrogens with zero attached hydrogens (tertiary/aromatic N) is 3. The van der Waals surface area contributed by atoms with Crippen LogP contribution in [0.1, 0.15) is 79.0 Å². The molecule has 5 heteroatoms. The highest BCUT2D eigenvalue weighted by molar-refractivity contribution is 6.09. The molecule has 230 valence electrons. The van der Waals surface area contributed by atoms with Crippen LogP contribution in [0.25, 0.3) is 38.9 Å². The molecule has 0 aliphatic rings. The molecule has 3 aromatic heterocycles. The highest BCUT2D eigenvalue weighted by Gasteiger charge is 2.27. The lowest BCUT2D eigenvalue weighted by Crippen LogP contribution is -2.15. The standard InChI is InChI=1S/C40H43N3O2/c1-38(2,3)26-17-18-32-29(23-26)30-24-31(40(7,8)9)36(42-37(30)43(32)33-14-10-11-15-34(33)44)25-20-27(39(4,5)6)22-28(21-25)45-35-16-12-13-19-41-35/h10-24,44H,1-9H3. The monoisotopic (exact) mass is 597 g/mol. The molecule has 0 saturated carbocycles. The third-order valence-electron chi connectivity index (χ3n) is 8.44. The van der Waals surface area contributed by atoms with Crippen LogP contribution in [0.4, 0.5) is 0 Å². The summed E-state index contributed by atoms with van der Waals surface area (Å²) >= 11 is 0. The first-order valence-corrected chi connectivity index (χ1v) is 15.6. The van der Waals surface area contributed by atoms with Crippen molar-refractivity contribution < 1.29 is 9.84 Å². The Bertz CT molecular complexity index is 2040. The molecule has 1 N–H and O–H groups in total. The summed E-state index contributed by atoms with van der Waals surface area (Å²) in [6.07, 6.45) is 1.74. The van der Waals surface area contributed by atoms with Crippen LogP contribution in [0, 0.1) is 0 Å². The van der Waals surface area contributed by atoms with E-state index in [2.05, 4.69) is 114 Å². The Hall–Kier alpha value is -4.64. The minimum atomic E-state index is -0.207. The van der Waals surface area contributed by atoms with Crippen LogP contribution in [0.2, 0.25) is 0 Å². The molecule has 0 fully saturated rings. The fraction of sp³-hybridized carbons (Fsp3) is 0.300. The van der Waals surface area contributed by atoms with E-state index in [0.717, 1.165) is 44.3 Å². The van der Waals surface area contributed by atoms with Crippen LogP contribution < -0.4 is 4.74 Å². The van der Waals surface area contributed by atoms with Gasteiger partial charge in [-0.05, 0) is 87.5 Å². The van der Waals surface area contributed by atoms with Crippen LogP contribution in [-0.4, -0.2) is 19.6 Å². The van der Waals surface area contributed by atoms with Crippen molar-refractivity contribution in [2.24, 2.45) is 0 Å². The molecule has 3 aromatic carbocycles. The number of fused-ring (bicyclic) bond motifs is 3. The Kier molecular flexibility index (Phi) is 7.27. The number of phenols is 1. The predicted molar refractivity (Wildman–Crippen MR) is 186 cm³/mol. The average Bonchev–Trinajstić information content (AvgIpc) is 3.28. The van der Waals surface area contributed by atoms with E-state index < -0.39 is 0 Å². The lowest BCUT2D eigenvalue weighted by Gasteiger charge is -2.25. The number of pyridine rings is 2. The molecule has 0 bridgehead atoms. The first-order chi connectivity index (χ1) is 21.1. The molecule has 0 atom stereocenters. The van der Waals surface area contributed by atoms with Crippen LogP contribution >= 0.6 is 0 Å². The van der Waals surface area contributed by atoms with E-state index in [1.54, 1.807) is 12.3 Å². The van der Waals surface area contributed by atoms with Gasteiger partial charge in [0.15, 0.2) is 0 Å². The number of hydrogen-bond acceptors (Lipinski definition) is 4. The maximum Gasteiger partial charge on any atom is 0.219 e. The van der Waals surface area contributed by atoms with Crippen molar-refractivity contribution in [2.75, 3.05) is 0 Å². The summed E-state index contributed by atoms with van der Waals surface area (Å²) in [5, 5.41) is 13.3. The van der Waals surface area contributed by atoms with Crippen molar-refractivity contribution in [3.05, 3.63) is 108 Å². The third-order valence-corrected chi connectivity index (χ3v) is 8.44. The van der Waals surface area contributed by atoms with E-state index in [9.17, 15) is 5.11 Å². The van der Waals surface area contributed by atoms with E-state index in [0.29, 0.717) is 17.3 Å². The van der Waals surface area contributed by atoms with Crippen molar-refractivity contribution in [2.45, 2.75) is 78.6 Å². The second kappa shape index (κ2) is 10.8. The van der Waals surface area contributed by atoms with Gasteiger partial charge in [0, 0.05) is 28.6 Å². The Labute approximate surface area is 266 Å². The van der Waals surface area contributed by atoms with Gasteiger partial charge in [-0.25, -0.2) is 9.97 Å². The fourth-order valence-electron chi connectivity index (χ4n) is 5.84. The molecule has 6 aromatic rings. The lowest BCUT2D eigenvalue weighted by molar-refractivity contribution is 0.460.